The molecule has 0 aliphatic rings. The second-order valence-electron chi connectivity index (χ2n) is 5.44. The zero-order valence-corrected chi connectivity index (χ0v) is 13.2. The van der Waals surface area contributed by atoms with Crippen LogP contribution in [0.1, 0.15) is 5.56 Å². The van der Waals surface area contributed by atoms with Crippen LogP contribution in [-0.2, 0) is 11.2 Å². The quantitative estimate of drug-likeness (QED) is 0.755. The number of amides is 1. The molecule has 5 heteroatoms. The van der Waals surface area contributed by atoms with Crippen molar-refractivity contribution < 1.29 is 9.53 Å². The fraction of sp³-hybridized carbons (Fsp3) is 0.158. The van der Waals surface area contributed by atoms with Crippen molar-refractivity contribution in [3.8, 4) is 11.8 Å². The van der Waals surface area contributed by atoms with E-state index in [4.69, 9.17) is 4.74 Å². The van der Waals surface area contributed by atoms with E-state index >= 15 is 0 Å². The monoisotopic (exact) mass is 319 g/mol. The number of fused-ring (bicyclic) bond motifs is 1. The van der Waals surface area contributed by atoms with Gasteiger partial charge in [0.25, 0.3) is 0 Å². The van der Waals surface area contributed by atoms with Crippen molar-refractivity contribution in [1.29, 1.82) is 5.26 Å². The van der Waals surface area contributed by atoms with Crippen LogP contribution in [0.2, 0.25) is 0 Å². The van der Waals surface area contributed by atoms with Crippen LogP contribution in [0.5, 0.6) is 5.75 Å². The van der Waals surface area contributed by atoms with Crippen LogP contribution in [0.3, 0.4) is 0 Å². The summed E-state index contributed by atoms with van der Waals surface area (Å²) in [6, 6.07) is 16.9. The molecular formula is C19H17N3O2. The average molecular weight is 319 g/mol. The van der Waals surface area contributed by atoms with Gasteiger partial charge in [-0.3, -0.25) is 4.79 Å². The Morgan fingerprint density at radius 2 is 2.04 bits per heavy atom. The SMILES string of the molecule is COc1cccc2c(C[C@H](C#N)C(=O)Nc3ccccc3)c[nH]c12. The van der Waals surface area contributed by atoms with Crippen LogP contribution < -0.4 is 10.1 Å². The summed E-state index contributed by atoms with van der Waals surface area (Å²) in [5.74, 6) is -0.336. The smallest absolute Gasteiger partial charge is 0.242 e. The molecule has 3 rings (SSSR count). The summed E-state index contributed by atoms with van der Waals surface area (Å²) in [6.45, 7) is 0. The van der Waals surface area contributed by atoms with Gasteiger partial charge in [0.05, 0.1) is 18.7 Å². The van der Waals surface area contributed by atoms with Crippen molar-refractivity contribution in [3.05, 3.63) is 60.3 Å². The van der Waals surface area contributed by atoms with E-state index in [0.29, 0.717) is 12.1 Å². The van der Waals surface area contributed by atoms with Crippen LogP contribution in [0, 0.1) is 17.2 Å². The fourth-order valence-corrected chi connectivity index (χ4v) is 2.69. The predicted octanol–water partition coefficient (Wildman–Crippen LogP) is 3.50. The molecule has 0 spiro atoms. The maximum Gasteiger partial charge on any atom is 0.242 e. The lowest BCUT2D eigenvalue weighted by Crippen LogP contribution is -2.23. The number of aromatic nitrogens is 1. The van der Waals surface area contributed by atoms with Gasteiger partial charge in [-0.15, -0.1) is 0 Å². The second-order valence-corrected chi connectivity index (χ2v) is 5.44. The van der Waals surface area contributed by atoms with E-state index in [1.54, 1.807) is 19.2 Å². The number of carbonyl (C=O) groups excluding carboxylic acids is 1. The normalized spacial score (nSPS) is 11.7. The van der Waals surface area contributed by atoms with Crippen molar-refractivity contribution in [2.75, 3.05) is 12.4 Å². The summed E-state index contributed by atoms with van der Waals surface area (Å²) in [4.78, 5) is 15.5. The minimum Gasteiger partial charge on any atom is -0.495 e. The minimum absolute atomic E-state index is 0.305. The lowest BCUT2D eigenvalue weighted by molar-refractivity contribution is -0.118. The van der Waals surface area contributed by atoms with E-state index in [0.717, 1.165) is 22.2 Å². The van der Waals surface area contributed by atoms with E-state index < -0.39 is 5.92 Å². The lowest BCUT2D eigenvalue weighted by Gasteiger charge is -2.10. The largest absolute Gasteiger partial charge is 0.495 e. The number of rotatable bonds is 5. The third-order valence-electron chi connectivity index (χ3n) is 3.92. The van der Waals surface area contributed by atoms with Gasteiger partial charge >= 0.3 is 0 Å². The van der Waals surface area contributed by atoms with Crippen molar-refractivity contribution in [3.63, 3.8) is 0 Å². The molecule has 0 saturated heterocycles. The zero-order chi connectivity index (χ0) is 16.9. The maximum absolute atomic E-state index is 12.4. The number of nitrogens with one attached hydrogen (secondary N) is 2. The highest BCUT2D eigenvalue weighted by Crippen LogP contribution is 2.28. The summed E-state index contributed by atoms with van der Waals surface area (Å²) in [5, 5.41) is 13.1. The van der Waals surface area contributed by atoms with E-state index in [-0.39, 0.29) is 5.91 Å². The summed E-state index contributed by atoms with van der Waals surface area (Å²) in [7, 11) is 1.61. The number of methoxy groups -OCH3 is 1. The lowest BCUT2D eigenvalue weighted by atomic mass is 9.99. The van der Waals surface area contributed by atoms with Gasteiger partial charge in [0, 0.05) is 17.3 Å². The molecule has 0 unspecified atom stereocenters. The Bertz CT molecular complexity index is 894. The number of carbonyl (C=O) groups is 1. The zero-order valence-electron chi connectivity index (χ0n) is 13.2. The van der Waals surface area contributed by atoms with Gasteiger partial charge in [-0.25, -0.2) is 0 Å². The molecule has 1 aromatic heterocycles. The topological polar surface area (TPSA) is 77.9 Å². The van der Waals surface area contributed by atoms with Gasteiger partial charge in [0.15, 0.2) is 0 Å². The summed E-state index contributed by atoms with van der Waals surface area (Å²) >= 11 is 0. The van der Waals surface area contributed by atoms with Crippen molar-refractivity contribution in [1.82, 2.24) is 4.98 Å². The predicted molar refractivity (Wildman–Crippen MR) is 92.7 cm³/mol. The molecule has 2 aromatic carbocycles. The maximum atomic E-state index is 12.4. The van der Waals surface area contributed by atoms with Crippen molar-refractivity contribution in [2.45, 2.75) is 6.42 Å². The van der Waals surface area contributed by atoms with Crippen LogP contribution in [-0.4, -0.2) is 18.0 Å². The van der Waals surface area contributed by atoms with Crippen LogP contribution >= 0.6 is 0 Å². The second kappa shape index (κ2) is 6.88. The molecule has 1 amide bonds. The van der Waals surface area contributed by atoms with Gasteiger partial charge in [-0.05, 0) is 30.2 Å². The molecule has 0 fully saturated rings. The van der Waals surface area contributed by atoms with Gasteiger partial charge in [-0.2, -0.15) is 5.26 Å². The number of nitriles is 1. The van der Waals surface area contributed by atoms with Crippen LogP contribution in [0.4, 0.5) is 5.69 Å². The van der Waals surface area contributed by atoms with Gasteiger partial charge < -0.3 is 15.0 Å². The molecule has 24 heavy (non-hydrogen) atoms. The molecule has 0 radical (unpaired) electrons. The Labute approximate surface area is 139 Å². The fourth-order valence-electron chi connectivity index (χ4n) is 2.69. The minimum atomic E-state index is -0.768. The number of benzene rings is 2. The molecule has 2 N–H and O–H groups in total. The Morgan fingerprint density at radius 1 is 1.25 bits per heavy atom. The summed E-state index contributed by atoms with van der Waals surface area (Å²) < 4.78 is 5.32. The Hall–Kier alpha value is -3.26. The number of anilines is 1. The first kappa shape index (κ1) is 15.6. The molecule has 1 heterocycles. The summed E-state index contributed by atoms with van der Waals surface area (Å²) in [6.07, 6.45) is 2.16. The number of ether oxygens (including phenoxy) is 1. The van der Waals surface area contributed by atoms with E-state index in [2.05, 4.69) is 16.4 Å². The molecular weight excluding hydrogens is 302 g/mol. The first-order valence-electron chi connectivity index (χ1n) is 7.61. The highest BCUT2D eigenvalue weighted by atomic mass is 16.5. The van der Waals surface area contributed by atoms with Crippen LogP contribution in [0.25, 0.3) is 10.9 Å². The molecule has 0 bridgehead atoms. The molecule has 5 nitrogen and oxygen atoms in total. The van der Waals surface area contributed by atoms with E-state index in [1.165, 1.54) is 0 Å². The molecule has 0 saturated carbocycles. The number of aromatic amines is 1. The number of para-hydroxylation sites is 2. The first-order valence-corrected chi connectivity index (χ1v) is 7.61. The molecule has 3 aromatic rings. The number of hydrogen-bond donors (Lipinski definition) is 2. The standard InChI is InChI=1S/C19H17N3O2/c1-24-17-9-5-8-16-14(12-21-18(16)17)10-13(11-20)19(23)22-15-6-3-2-4-7-15/h2-9,12-13,21H,10H2,1H3,(H,22,23)/t13-/m1/s1. The molecule has 0 aliphatic carbocycles. The Balaban J connectivity index is 1.81. The van der Waals surface area contributed by atoms with Crippen molar-refractivity contribution in [2.24, 2.45) is 5.92 Å². The van der Waals surface area contributed by atoms with Crippen LogP contribution in [0.15, 0.2) is 54.7 Å². The third kappa shape index (κ3) is 3.08. The molecule has 120 valence electrons. The van der Waals surface area contributed by atoms with E-state index in [1.807, 2.05) is 42.6 Å². The van der Waals surface area contributed by atoms with Crippen molar-refractivity contribution >= 4 is 22.5 Å². The Kier molecular flexibility index (Phi) is 4.48. The first-order chi connectivity index (χ1) is 11.7. The number of H-pyrrole nitrogens is 1. The Morgan fingerprint density at radius 3 is 2.75 bits per heavy atom. The number of nitrogens with zero attached hydrogens (tertiary/aromatic N) is 1. The summed E-state index contributed by atoms with van der Waals surface area (Å²) in [5.41, 5.74) is 2.47. The highest BCUT2D eigenvalue weighted by molar-refractivity contribution is 5.95. The third-order valence-corrected chi connectivity index (χ3v) is 3.92. The average Bonchev–Trinajstić information content (AvgIpc) is 3.03. The van der Waals surface area contributed by atoms with E-state index in [9.17, 15) is 10.1 Å². The number of hydrogen-bond acceptors (Lipinski definition) is 3. The van der Waals surface area contributed by atoms with Gasteiger partial charge in [-0.1, -0.05) is 30.3 Å². The molecule has 1 atom stereocenters. The molecule has 0 aliphatic heterocycles. The van der Waals surface area contributed by atoms with Gasteiger partial charge in [0.2, 0.25) is 5.91 Å². The van der Waals surface area contributed by atoms with Gasteiger partial charge in [0.1, 0.15) is 11.7 Å². The highest BCUT2D eigenvalue weighted by Gasteiger charge is 2.20.